The number of benzene rings is 2. The predicted molar refractivity (Wildman–Crippen MR) is 104 cm³/mol. The summed E-state index contributed by atoms with van der Waals surface area (Å²) in [4.78, 5) is 21.3. The molecule has 0 aliphatic rings. The Labute approximate surface area is 157 Å². The molecular formula is C18H11Cl2N3OS. The van der Waals surface area contributed by atoms with Gasteiger partial charge in [-0.25, -0.2) is 4.98 Å². The summed E-state index contributed by atoms with van der Waals surface area (Å²) in [7, 11) is 0. The second kappa shape index (κ2) is 6.52. The number of carbonyl (C=O) groups excluding carboxylic acids is 1. The number of H-pyrrole nitrogens is 1. The van der Waals surface area contributed by atoms with Gasteiger partial charge < -0.3 is 10.3 Å². The quantitative estimate of drug-likeness (QED) is 0.463. The van der Waals surface area contributed by atoms with Crippen molar-refractivity contribution in [1.82, 2.24) is 9.97 Å². The molecule has 0 aliphatic carbocycles. The number of hydrogen-bond acceptors (Lipinski definition) is 3. The van der Waals surface area contributed by atoms with Gasteiger partial charge in [-0.05, 0) is 47.8 Å². The number of hydrogen-bond donors (Lipinski definition) is 2. The number of amides is 1. The van der Waals surface area contributed by atoms with E-state index in [1.165, 1.54) is 0 Å². The monoisotopic (exact) mass is 387 g/mol. The van der Waals surface area contributed by atoms with E-state index in [4.69, 9.17) is 23.2 Å². The van der Waals surface area contributed by atoms with Crippen molar-refractivity contribution in [3.63, 3.8) is 0 Å². The smallest absolute Gasteiger partial charge is 0.255 e. The highest BCUT2D eigenvalue weighted by atomic mass is 35.5. The van der Waals surface area contributed by atoms with E-state index in [1.54, 1.807) is 29.5 Å². The summed E-state index contributed by atoms with van der Waals surface area (Å²) in [5, 5.41) is 5.69. The topological polar surface area (TPSA) is 57.8 Å². The van der Waals surface area contributed by atoms with Gasteiger partial charge >= 0.3 is 0 Å². The van der Waals surface area contributed by atoms with E-state index in [0.29, 0.717) is 21.3 Å². The van der Waals surface area contributed by atoms with E-state index in [1.807, 2.05) is 35.7 Å². The maximum atomic E-state index is 12.4. The number of aromatic nitrogens is 2. The Hall–Kier alpha value is -2.34. The molecule has 2 N–H and O–H groups in total. The van der Waals surface area contributed by atoms with Crippen LogP contribution in [-0.2, 0) is 0 Å². The van der Waals surface area contributed by atoms with Crippen molar-refractivity contribution in [1.29, 1.82) is 0 Å². The van der Waals surface area contributed by atoms with Crippen molar-refractivity contribution >= 4 is 57.2 Å². The second-order valence-electron chi connectivity index (χ2n) is 5.41. The summed E-state index contributed by atoms with van der Waals surface area (Å²) >= 11 is 13.5. The average Bonchev–Trinajstić information content (AvgIpc) is 3.22. The van der Waals surface area contributed by atoms with Crippen LogP contribution >= 0.6 is 34.5 Å². The molecule has 0 atom stereocenters. The molecule has 2 aromatic heterocycles. The van der Waals surface area contributed by atoms with E-state index >= 15 is 0 Å². The van der Waals surface area contributed by atoms with Gasteiger partial charge in [0, 0.05) is 21.3 Å². The van der Waals surface area contributed by atoms with Gasteiger partial charge in [-0.2, -0.15) is 0 Å². The summed E-state index contributed by atoms with van der Waals surface area (Å²) in [6, 6.07) is 14.3. The first-order valence-corrected chi connectivity index (χ1v) is 9.03. The molecule has 0 saturated heterocycles. The molecule has 7 heteroatoms. The minimum absolute atomic E-state index is 0.276. The fraction of sp³-hybridized carbons (Fsp3) is 0. The molecule has 25 heavy (non-hydrogen) atoms. The van der Waals surface area contributed by atoms with Gasteiger partial charge in [-0.3, -0.25) is 4.79 Å². The Kier molecular flexibility index (Phi) is 4.21. The zero-order valence-electron chi connectivity index (χ0n) is 12.7. The third-order valence-corrected chi connectivity index (χ3v) is 4.93. The third-order valence-electron chi connectivity index (χ3n) is 3.62. The molecule has 0 radical (unpaired) electrons. The standard InChI is InChI=1S/C18H11Cl2N3OS/c19-11-6-10(7-12(20)8-11)18(24)21-13-3-4-14-15(9-13)23-17(22-14)16-2-1-5-25-16/h1-9H,(H,21,24)(H,22,23). The maximum Gasteiger partial charge on any atom is 0.255 e. The van der Waals surface area contributed by atoms with E-state index < -0.39 is 0 Å². The minimum atomic E-state index is -0.276. The first-order chi connectivity index (χ1) is 12.1. The summed E-state index contributed by atoms with van der Waals surface area (Å²) < 4.78 is 0. The van der Waals surface area contributed by atoms with Gasteiger partial charge in [0.05, 0.1) is 15.9 Å². The molecule has 0 fully saturated rings. The number of carbonyl (C=O) groups is 1. The minimum Gasteiger partial charge on any atom is -0.337 e. The van der Waals surface area contributed by atoms with Crippen molar-refractivity contribution in [2.45, 2.75) is 0 Å². The second-order valence-corrected chi connectivity index (χ2v) is 7.23. The zero-order chi connectivity index (χ0) is 17.4. The molecule has 2 heterocycles. The lowest BCUT2D eigenvalue weighted by atomic mass is 10.2. The van der Waals surface area contributed by atoms with Crippen LogP contribution in [-0.4, -0.2) is 15.9 Å². The number of anilines is 1. The normalized spacial score (nSPS) is 11.0. The molecule has 124 valence electrons. The van der Waals surface area contributed by atoms with Crippen molar-refractivity contribution in [2.75, 3.05) is 5.32 Å². The van der Waals surface area contributed by atoms with Crippen LogP contribution in [0.3, 0.4) is 0 Å². The van der Waals surface area contributed by atoms with Crippen LogP contribution in [0.4, 0.5) is 5.69 Å². The lowest BCUT2D eigenvalue weighted by Crippen LogP contribution is -2.11. The summed E-state index contributed by atoms with van der Waals surface area (Å²) in [5.41, 5.74) is 2.76. The van der Waals surface area contributed by atoms with Crippen LogP contribution < -0.4 is 5.32 Å². The van der Waals surface area contributed by atoms with Crippen LogP contribution in [0.25, 0.3) is 21.7 Å². The van der Waals surface area contributed by atoms with Crippen LogP contribution in [0, 0.1) is 0 Å². The van der Waals surface area contributed by atoms with E-state index in [-0.39, 0.29) is 5.91 Å². The highest BCUT2D eigenvalue weighted by molar-refractivity contribution is 7.13. The van der Waals surface area contributed by atoms with Gasteiger partial charge in [0.1, 0.15) is 5.82 Å². The molecule has 0 unspecified atom stereocenters. The van der Waals surface area contributed by atoms with Crippen LogP contribution in [0.5, 0.6) is 0 Å². The SMILES string of the molecule is O=C(Nc1ccc2nc(-c3cccs3)[nH]c2c1)c1cc(Cl)cc(Cl)c1. The molecule has 1 amide bonds. The number of rotatable bonds is 3. The number of halogens is 2. The fourth-order valence-electron chi connectivity index (χ4n) is 2.51. The largest absolute Gasteiger partial charge is 0.337 e. The lowest BCUT2D eigenvalue weighted by molar-refractivity contribution is 0.102. The Morgan fingerprint density at radius 1 is 1.08 bits per heavy atom. The highest BCUT2D eigenvalue weighted by Gasteiger charge is 2.11. The van der Waals surface area contributed by atoms with E-state index in [9.17, 15) is 4.79 Å². The molecule has 4 aromatic rings. The average molecular weight is 388 g/mol. The Morgan fingerprint density at radius 2 is 1.88 bits per heavy atom. The summed E-state index contributed by atoms with van der Waals surface area (Å²) in [5.74, 6) is 0.539. The van der Waals surface area contributed by atoms with Crippen LogP contribution in [0.2, 0.25) is 10.0 Å². The summed E-state index contributed by atoms with van der Waals surface area (Å²) in [6.45, 7) is 0. The fourth-order valence-corrected chi connectivity index (χ4v) is 3.70. The van der Waals surface area contributed by atoms with Gasteiger partial charge in [0.25, 0.3) is 5.91 Å². The van der Waals surface area contributed by atoms with Crippen molar-refractivity contribution in [2.24, 2.45) is 0 Å². The van der Waals surface area contributed by atoms with Crippen LogP contribution in [0.1, 0.15) is 10.4 Å². The Balaban J connectivity index is 1.62. The van der Waals surface area contributed by atoms with Crippen molar-refractivity contribution in [3.8, 4) is 10.7 Å². The van der Waals surface area contributed by atoms with E-state index in [2.05, 4.69) is 15.3 Å². The molecule has 4 nitrogen and oxygen atoms in total. The molecule has 4 rings (SSSR count). The predicted octanol–water partition coefficient (Wildman–Crippen LogP) is 5.85. The number of imidazole rings is 1. The molecule has 0 saturated carbocycles. The number of fused-ring (bicyclic) bond motifs is 1. The number of aromatic amines is 1. The Morgan fingerprint density at radius 3 is 2.60 bits per heavy atom. The molecule has 0 spiro atoms. The van der Waals surface area contributed by atoms with E-state index in [0.717, 1.165) is 21.7 Å². The molecule has 0 aliphatic heterocycles. The van der Waals surface area contributed by atoms with Gasteiger partial charge in [-0.15, -0.1) is 11.3 Å². The van der Waals surface area contributed by atoms with Gasteiger partial charge in [0.2, 0.25) is 0 Å². The zero-order valence-corrected chi connectivity index (χ0v) is 15.0. The first-order valence-electron chi connectivity index (χ1n) is 7.39. The van der Waals surface area contributed by atoms with Gasteiger partial charge in [0.15, 0.2) is 0 Å². The number of nitrogens with one attached hydrogen (secondary N) is 2. The van der Waals surface area contributed by atoms with Crippen molar-refractivity contribution in [3.05, 3.63) is 69.5 Å². The van der Waals surface area contributed by atoms with Crippen molar-refractivity contribution < 1.29 is 4.79 Å². The molecule has 2 aromatic carbocycles. The first kappa shape index (κ1) is 16.1. The van der Waals surface area contributed by atoms with Crippen LogP contribution in [0.15, 0.2) is 53.9 Å². The third kappa shape index (κ3) is 3.39. The highest BCUT2D eigenvalue weighted by Crippen LogP contribution is 2.26. The lowest BCUT2D eigenvalue weighted by Gasteiger charge is -2.06. The maximum absolute atomic E-state index is 12.4. The molecular weight excluding hydrogens is 377 g/mol. The van der Waals surface area contributed by atoms with Gasteiger partial charge in [-0.1, -0.05) is 29.3 Å². The Bertz CT molecular complexity index is 1050. The molecule has 0 bridgehead atoms. The summed E-state index contributed by atoms with van der Waals surface area (Å²) in [6.07, 6.45) is 0. The number of nitrogens with zero attached hydrogens (tertiary/aromatic N) is 1. The number of thiophene rings is 1.